The zero-order chi connectivity index (χ0) is 26.4. The van der Waals surface area contributed by atoms with Crippen LogP contribution in [0, 0.1) is 5.92 Å². The molecule has 0 aromatic heterocycles. The van der Waals surface area contributed by atoms with Gasteiger partial charge in [-0.05, 0) is 30.8 Å². The van der Waals surface area contributed by atoms with E-state index in [4.69, 9.17) is 17.2 Å². The second-order valence-electron chi connectivity index (χ2n) is 7.90. The van der Waals surface area contributed by atoms with Gasteiger partial charge in [-0.15, -0.1) is 0 Å². The van der Waals surface area contributed by atoms with Gasteiger partial charge in [0.25, 0.3) is 0 Å². The van der Waals surface area contributed by atoms with Gasteiger partial charge in [0, 0.05) is 6.42 Å². The number of thioether (sulfide) groups is 1. The van der Waals surface area contributed by atoms with Crippen LogP contribution >= 0.6 is 11.8 Å². The number of amides is 5. The fraction of sp³-hybridized carbons (Fsp3) is 0.700. The molecule has 5 unspecified atom stereocenters. The Morgan fingerprint density at radius 2 is 1.47 bits per heavy atom. The number of hydrogen-bond donors (Lipinski definition) is 7. The summed E-state index contributed by atoms with van der Waals surface area (Å²) >= 11 is 1.41. The Balaban J connectivity index is 5.52. The van der Waals surface area contributed by atoms with Crippen LogP contribution in [0.5, 0.6) is 0 Å². The van der Waals surface area contributed by atoms with Crippen LogP contribution in [0.3, 0.4) is 0 Å². The minimum absolute atomic E-state index is 0.184. The number of hydrogen-bond acceptors (Lipinski definition) is 8. The maximum atomic E-state index is 13.0. The summed E-state index contributed by atoms with van der Waals surface area (Å²) in [5, 5.41) is 16.7. The molecule has 0 aromatic rings. The van der Waals surface area contributed by atoms with E-state index in [-0.39, 0.29) is 25.2 Å². The lowest BCUT2D eigenvalue weighted by Gasteiger charge is -2.28. The minimum atomic E-state index is -1.37. The molecule has 0 aromatic carbocycles. The van der Waals surface area contributed by atoms with E-state index in [2.05, 4.69) is 16.0 Å². The highest BCUT2D eigenvalue weighted by Crippen LogP contribution is 2.11. The quantitative estimate of drug-likeness (QED) is 0.113. The van der Waals surface area contributed by atoms with E-state index in [1.807, 2.05) is 0 Å². The molecule has 0 aliphatic rings. The first-order chi connectivity index (χ1) is 15.8. The maximum absolute atomic E-state index is 13.0. The lowest BCUT2D eigenvalue weighted by atomic mass is 9.97. The molecule has 0 fully saturated rings. The standard InChI is InChI=1S/C20H36N6O7S/c1-4-10(2)16(26-17(29)11(21)9-15(23)28)19(31)24-12(7-8-34-3)18(30)25-13(20(32)33)5-6-14(22)27/h10-13,16H,4-9,21H2,1-3H3,(H2,22,27)(H2,23,28)(H,24,31)(H,25,30)(H,26,29)(H,32,33). The van der Waals surface area contributed by atoms with Crippen LogP contribution in [0.1, 0.15) is 46.0 Å². The van der Waals surface area contributed by atoms with Crippen LogP contribution in [-0.4, -0.2) is 76.8 Å². The summed E-state index contributed by atoms with van der Waals surface area (Å²) in [4.78, 5) is 71.6. The minimum Gasteiger partial charge on any atom is -0.480 e. The fourth-order valence-corrected chi connectivity index (χ4v) is 3.33. The smallest absolute Gasteiger partial charge is 0.326 e. The first-order valence-electron chi connectivity index (χ1n) is 10.8. The molecule has 0 aliphatic carbocycles. The largest absolute Gasteiger partial charge is 0.480 e. The van der Waals surface area contributed by atoms with Crippen molar-refractivity contribution in [3.05, 3.63) is 0 Å². The molecule has 5 amide bonds. The zero-order valence-corrected chi connectivity index (χ0v) is 20.5. The van der Waals surface area contributed by atoms with Gasteiger partial charge in [-0.1, -0.05) is 20.3 Å². The van der Waals surface area contributed by atoms with Crippen LogP contribution in [-0.2, 0) is 28.8 Å². The van der Waals surface area contributed by atoms with Gasteiger partial charge in [0.1, 0.15) is 18.1 Å². The van der Waals surface area contributed by atoms with Gasteiger partial charge >= 0.3 is 5.97 Å². The summed E-state index contributed by atoms with van der Waals surface area (Å²) in [6.07, 6.45) is 1.63. The average molecular weight is 505 g/mol. The zero-order valence-electron chi connectivity index (χ0n) is 19.7. The Morgan fingerprint density at radius 1 is 0.882 bits per heavy atom. The highest BCUT2D eigenvalue weighted by Gasteiger charge is 2.32. The summed E-state index contributed by atoms with van der Waals surface area (Å²) in [6.45, 7) is 3.51. The van der Waals surface area contributed by atoms with Gasteiger partial charge in [0.15, 0.2) is 0 Å². The Labute approximate surface area is 202 Å². The van der Waals surface area contributed by atoms with Crippen LogP contribution in [0.25, 0.3) is 0 Å². The molecule has 0 heterocycles. The summed E-state index contributed by atoms with van der Waals surface area (Å²) in [5.41, 5.74) is 15.8. The topological polar surface area (TPSA) is 237 Å². The Morgan fingerprint density at radius 3 is 1.94 bits per heavy atom. The third-order valence-corrected chi connectivity index (χ3v) is 5.73. The molecule has 194 valence electrons. The lowest BCUT2D eigenvalue weighted by molar-refractivity contribution is -0.142. The number of rotatable bonds is 17. The highest BCUT2D eigenvalue weighted by molar-refractivity contribution is 7.98. The molecular formula is C20H36N6O7S. The molecule has 0 aliphatic heterocycles. The third kappa shape index (κ3) is 11.8. The van der Waals surface area contributed by atoms with E-state index >= 15 is 0 Å². The van der Waals surface area contributed by atoms with Gasteiger partial charge in [-0.25, -0.2) is 4.79 Å². The van der Waals surface area contributed by atoms with Crippen LogP contribution in [0.15, 0.2) is 0 Å². The van der Waals surface area contributed by atoms with Crippen molar-refractivity contribution in [2.45, 2.75) is 70.1 Å². The van der Waals surface area contributed by atoms with Gasteiger partial charge in [-0.3, -0.25) is 24.0 Å². The van der Waals surface area contributed by atoms with E-state index in [1.165, 1.54) is 11.8 Å². The molecule has 10 N–H and O–H groups in total. The number of carboxylic acid groups (broad SMARTS) is 1. The molecule has 0 rings (SSSR count). The SMILES string of the molecule is CCC(C)C(NC(=O)C(N)CC(N)=O)C(=O)NC(CCSC)C(=O)NC(CCC(N)=O)C(=O)O. The molecule has 0 radical (unpaired) electrons. The number of carbonyl (C=O) groups excluding carboxylic acids is 5. The van der Waals surface area contributed by atoms with Crippen molar-refractivity contribution < 1.29 is 33.9 Å². The maximum Gasteiger partial charge on any atom is 0.326 e. The Kier molecular flexibility index (Phi) is 14.5. The molecular weight excluding hydrogens is 468 g/mol. The van der Waals surface area contributed by atoms with Crippen molar-refractivity contribution in [1.29, 1.82) is 0 Å². The molecule has 13 nitrogen and oxygen atoms in total. The highest BCUT2D eigenvalue weighted by atomic mass is 32.2. The first kappa shape index (κ1) is 31.1. The van der Waals surface area contributed by atoms with Crippen LogP contribution in [0.4, 0.5) is 0 Å². The number of aliphatic carboxylic acids is 1. The van der Waals surface area contributed by atoms with E-state index in [0.29, 0.717) is 12.2 Å². The second kappa shape index (κ2) is 15.9. The molecule has 0 bridgehead atoms. The number of carbonyl (C=O) groups is 6. The van der Waals surface area contributed by atoms with E-state index in [9.17, 15) is 33.9 Å². The number of primary amides is 2. The predicted octanol–water partition coefficient (Wildman–Crippen LogP) is -2.21. The van der Waals surface area contributed by atoms with Gasteiger partial charge < -0.3 is 38.3 Å². The normalized spacial score (nSPS) is 15.2. The van der Waals surface area contributed by atoms with Gasteiger partial charge in [-0.2, -0.15) is 11.8 Å². The molecule has 34 heavy (non-hydrogen) atoms. The third-order valence-electron chi connectivity index (χ3n) is 5.09. The first-order valence-corrected chi connectivity index (χ1v) is 12.2. The molecule has 0 saturated carbocycles. The second-order valence-corrected chi connectivity index (χ2v) is 8.88. The number of carboxylic acids is 1. The van der Waals surface area contributed by atoms with Gasteiger partial charge in [0.2, 0.25) is 29.5 Å². The summed E-state index contributed by atoms with van der Waals surface area (Å²) in [6, 6.07) is -4.77. The Hall–Kier alpha value is -2.87. The average Bonchev–Trinajstić information content (AvgIpc) is 2.75. The summed E-state index contributed by atoms with van der Waals surface area (Å²) < 4.78 is 0. The van der Waals surface area contributed by atoms with Crippen molar-refractivity contribution >= 4 is 47.3 Å². The van der Waals surface area contributed by atoms with Crippen molar-refractivity contribution in [1.82, 2.24) is 16.0 Å². The predicted molar refractivity (Wildman–Crippen MR) is 126 cm³/mol. The van der Waals surface area contributed by atoms with E-state index in [1.54, 1.807) is 20.1 Å². The lowest BCUT2D eigenvalue weighted by Crippen LogP contribution is -2.59. The van der Waals surface area contributed by atoms with E-state index < -0.39 is 66.1 Å². The number of nitrogens with two attached hydrogens (primary N) is 3. The summed E-state index contributed by atoms with van der Waals surface area (Å²) in [7, 11) is 0. The van der Waals surface area contributed by atoms with Crippen molar-refractivity contribution in [2.75, 3.05) is 12.0 Å². The number of nitrogens with one attached hydrogen (secondary N) is 3. The van der Waals surface area contributed by atoms with Crippen molar-refractivity contribution in [2.24, 2.45) is 23.1 Å². The van der Waals surface area contributed by atoms with E-state index in [0.717, 1.165) is 0 Å². The van der Waals surface area contributed by atoms with Crippen LogP contribution in [0.2, 0.25) is 0 Å². The molecule has 14 heteroatoms. The molecule has 0 spiro atoms. The van der Waals surface area contributed by atoms with Gasteiger partial charge in [0.05, 0.1) is 12.5 Å². The summed E-state index contributed by atoms with van der Waals surface area (Å²) in [5.74, 6) is -4.88. The van der Waals surface area contributed by atoms with Crippen LogP contribution < -0.4 is 33.2 Å². The monoisotopic (exact) mass is 504 g/mol. The fourth-order valence-electron chi connectivity index (χ4n) is 2.85. The Bertz CT molecular complexity index is 751. The molecule has 5 atom stereocenters. The molecule has 0 saturated heterocycles. The van der Waals surface area contributed by atoms with Crippen molar-refractivity contribution in [3.8, 4) is 0 Å². The van der Waals surface area contributed by atoms with Crippen molar-refractivity contribution in [3.63, 3.8) is 0 Å².